The van der Waals surface area contributed by atoms with Gasteiger partial charge in [0.05, 0.1) is 25.3 Å². The second kappa shape index (κ2) is 8.36. The Kier molecular flexibility index (Phi) is 6.24. The van der Waals surface area contributed by atoms with Gasteiger partial charge in [-0.1, -0.05) is 32.4 Å². The number of benzene rings is 1. The molecule has 1 aliphatic rings. The van der Waals surface area contributed by atoms with Crippen molar-refractivity contribution < 1.29 is 19.1 Å². The number of amides is 1. The first-order valence-electron chi connectivity index (χ1n) is 9.53. The van der Waals surface area contributed by atoms with Gasteiger partial charge in [0.25, 0.3) is 5.91 Å². The highest BCUT2D eigenvalue weighted by Crippen LogP contribution is 2.44. The molecular weight excluding hydrogens is 410 g/mol. The van der Waals surface area contributed by atoms with Crippen LogP contribution in [0.5, 0.6) is 5.75 Å². The smallest absolute Gasteiger partial charge is 0.341 e. The molecule has 7 heteroatoms. The molecule has 0 saturated heterocycles. The molecule has 1 amide bonds. The molecular formula is C22H26ClNO4S. The number of fused-ring (bicyclic) bond motifs is 1. The van der Waals surface area contributed by atoms with E-state index in [4.69, 9.17) is 21.1 Å². The molecule has 1 atom stereocenters. The van der Waals surface area contributed by atoms with Gasteiger partial charge in [0.2, 0.25) is 0 Å². The van der Waals surface area contributed by atoms with Crippen LogP contribution in [0.3, 0.4) is 0 Å². The van der Waals surface area contributed by atoms with Gasteiger partial charge in [-0.05, 0) is 54.4 Å². The summed E-state index contributed by atoms with van der Waals surface area (Å²) in [5.41, 5.74) is 1.96. The zero-order valence-electron chi connectivity index (χ0n) is 17.3. The number of carbonyl (C=O) groups is 2. The number of halogens is 1. The lowest BCUT2D eigenvalue weighted by Gasteiger charge is -2.33. The van der Waals surface area contributed by atoms with Gasteiger partial charge in [0.15, 0.2) is 0 Å². The molecule has 1 N–H and O–H groups in total. The minimum Gasteiger partial charge on any atom is -0.496 e. The molecule has 3 rings (SSSR count). The van der Waals surface area contributed by atoms with Crippen molar-refractivity contribution in [1.29, 1.82) is 0 Å². The largest absolute Gasteiger partial charge is 0.496 e. The Balaban J connectivity index is 1.98. The summed E-state index contributed by atoms with van der Waals surface area (Å²) in [6.07, 6.45) is 2.70. The Labute approximate surface area is 180 Å². The summed E-state index contributed by atoms with van der Waals surface area (Å²) in [4.78, 5) is 26.6. The van der Waals surface area contributed by atoms with Crippen LogP contribution in [0.25, 0.3) is 0 Å². The molecule has 2 aromatic rings. The minimum atomic E-state index is -0.426. The quantitative estimate of drug-likeness (QED) is 0.635. The van der Waals surface area contributed by atoms with Crippen molar-refractivity contribution in [2.24, 2.45) is 11.3 Å². The van der Waals surface area contributed by atoms with Gasteiger partial charge in [-0.25, -0.2) is 4.79 Å². The lowest BCUT2D eigenvalue weighted by molar-refractivity contribution is 0.0600. The van der Waals surface area contributed by atoms with Gasteiger partial charge in [0.1, 0.15) is 10.8 Å². The maximum Gasteiger partial charge on any atom is 0.341 e. The Hall–Kier alpha value is -2.05. The lowest BCUT2D eigenvalue weighted by atomic mass is 9.72. The number of hydrogen-bond acceptors (Lipinski definition) is 5. The Morgan fingerprint density at radius 1 is 1.24 bits per heavy atom. The topological polar surface area (TPSA) is 64.6 Å². The van der Waals surface area contributed by atoms with Gasteiger partial charge in [0, 0.05) is 9.90 Å². The predicted octanol–water partition coefficient (Wildman–Crippen LogP) is 5.60. The molecule has 0 aliphatic heterocycles. The summed E-state index contributed by atoms with van der Waals surface area (Å²) in [6, 6.07) is 4.86. The van der Waals surface area contributed by atoms with E-state index in [1.165, 1.54) is 25.6 Å². The third kappa shape index (κ3) is 4.43. The van der Waals surface area contributed by atoms with Crippen molar-refractivity contribution in [1.82, 2.24) is 0 Å². The summed E-state index contributed by atoms with van der Waals surface area (Å²) in [7, 11) is 2.86. The van der Waals surface area contributed by atoms with Crippen molar-refractivity contribution >= 4 is 39.8 Å². The highest BCUT2D eigenvalue weighted by Gasteiger charge is 2.34. The summed E-state index contributed by atoms with van der Waals surface area (Å²) in [5.74, 6) is 0.141. The van der Waals surface area contributed by atoms with E-state index in [2.05, 4.69) is 26.1 Å². The highest BCUT2D eigenvalue weighted by atomic mass is 35.5. The number of rotatable bonds is 4. The number of thiophene rings is 1. The zero-order valence-corrected chi connectivity index (χ0v) is 18.9. The van der Waals surface area contributed by atoms with Crippen LogP contribution in [0.4, 0.5) is 5.00 Å². The first-order chi connectivity index (χ1) is 13.7. The number of esters is 1. The maximum atomic E-state index is 13.0. The molecule has 0 saturated carbocycles. The second-order valence-corrected chi connectivity index (χ2v) is 9.85. The van der Waals surface area contributed by atoms with Crippen LogP contribution in [-0.2, 0) is 17.6 Å². The summed E-state index contributed by atoms with van der Waals surface area (Å²) < 4.78 is 10.3. The molecule has 29 heavy (non-hydrogen) atoms. The van der Waals surface area contributed by atoms with Crippen molar-refractivity contribution in [2.45, 2.75) is 40.0 Å². The first kappa shape index (κ1) is 21.7. The normalized spacial score (nSPS) is 16.1. The summed E-state index contributed by atoms with van der Waals surface area (Å²) in [5, 5.41) is 3.84. The van der Waals surface area contributed by atoms with Crippen LogP contribution in [0, 0.1) is 11.3 Å². The average Bonchev–Trinajstić information content (AvgIpc) is 3.03. The molecule has 1 aliphatic carbocycles. The van der Waals surface area contributed by atoms with E-state index in [0.29, 0.717) is 32.8 Å². The maximum absolute atomic E-state index is 13.0. The molecule has 1 aromatic carbocycles. The number of nitrogens with one attached hydrogen (secondary N) is 1. The van der Waals surface area contributed by atoms with E-state index in [1.807, 2.05) is 0 Å². The van der Waals surface area contributed by atoms with E-state index >= 15 is 0 Å². The fourth-order valence-electron chi connectivity index (χ4n) is 3.76. The molecule has 0 fully saturated rings. The Morgan fingerprint density at radius 3 is 2.59 bits per heavy atom. The van der Waals surface area contributed by atoms with Gasteiger partial charge < -0.3 is 14.8 Å². The van der Waals surface area contributed by atoms with Crippen molar-refractivity contribution in [3.8, 4) is 5.75 Å². The van der Waals surface area contributed by atoms with E-state index in [0.717, 1.165) is 29.7 Å². The zero-order chi connectivity index (χ0) is 21.3. The molecule has 0 unspecified atom stereocenters. The number of carbonyl (C=O) groups excluding carboxylic acids is 2. The average molecular weight is 436 g/mol. The van der Waals surface area contributed by atoms with Crippen LogP contribution >= 0.6 is 22.9 Å². The summed E-state index contributed by atoms with van der Waals surface area (Å²) >= 11 is 7.52. The predicted molar refractivity (Wildman–Crippen MR) is 117 cm³/mol. The first-order valence-corrected chi connectivity index (χ1v) is 10.7. The molecule has 0 spiro atoms. The second-order valence-electron chi connectivity index (χ2n) is 8.30. The van der Waals surface area contributed by atoms with Gasteiger partial charge in [-0.15, -0.1) is 11.3 Å². The molecule has 1 aromatic heterocycles. The third-order valence-corrected chi connectivity index (χ3v) is 6.92. The standard InChI is InChI=1S/C22H26ClNO4S/c1-22(2,3)12-6-8-14-17(10-12)29-20(18(14)21(26)28-5)24-19(25)15-11-13(23)7-9-16(15)27-4/h7,9,11-12H,6,8,10H2,1-5H3,(H,24,25)/t12-/m1/s1. The van der Waals surface area contributed by atoms with Crippen LogP contribution < -0.4 is 10.1 Å². The molecule has 156 valence electrons. The minimum absolute atomic E-state index is 0.185. The van der Waals surface area contributed by atoms with Crippen LogP contribution in [0.2, 0.25) is 5.02 Å². The van der Waals surface area contributed by atoms with Crippen molar-refractivity contribution in [2.75, 3.05) is 19.5 Å². The fourth-order valence-corrected chi connectivity index (χ4v) is 5.24. The third-order valence-electron chi connectivity index (χ3n) is 5.51. The Morgan fingerprint density at radius 2 is 1.97 bits per heavy atom. The monoisotopic (exact) mass is 435 g/mol. The van der Waals surface area contributed by atoms with Gasteiger partial charge >= 0.3 is 5.97 Å². The van der Waals surface area contributed by atoms with Crippen LogP contribution in [-0.4, -0.2) is 26.1 Å². The van der Waals surface area contributed by atoms with E-state index in [-0.39, 0.29) is 11.3 Å². The van der Waals surface area contributed by atoms with E-state index in [9.17, 15) is 9.59 Å². The SMILES string of the molecule is COC(=O)c1c(NC(=O)c2cc(Cl)ccc2OC)sc2c1CC[C@@H](C(C)(C)C)C2. The van der Waals surface area contributed by atoms with E-state index < -0.39 is 5.97 Å². The van der Waals surface area contributed by atoms with Gasteiger partial charge in [-0.2, -0.15) is 0 Å². The van der Waals surface area contributed by atoms with Crippen LogP contribution in [0.15, 0.2) is 18.2 Å². The molecule has 1 heterocycles. The fraction of sp³-hybridized carbons (Fsp3) is 0.455. The Bertz CT molecular complexity index is 945. The molecule has 5 nitrogen and oxygen atoms in total. The highest BCUT2D eigenvalue weighted by molar-refractivity contribution is 7.17. The van der Waals surface area contributed by atoms with Crippen LogP contribution in [0.1, 0.15) is 58.3 Å². The number of methoxy groups -OCH3 is 2. The molecule has 0 bridgehead atoms. The van der Waals surface area contributed by atoms with Crippen molar-refractivity contribution in [3.63, 3.8) is 0 Å². The molecule has 0 radical (unpaired) electrons. The number of anilines is 1. The van der Waals surface area contributed by atoms with Crippen molar-refractivity contribution in [3.05, 3.63) is 44.8 Å². The van der Waals surface area contributed by atoms with E-state index in [1.54, 1.807) is 18.2 Å². The summed E-state index contributed by atoms with van der Waals surface area (Å²) in [6.45, 7) is 6.72. The number of ether oxygens (including phenoxy) is 2. The lowest BCUT2D eigenvalue weighted by Crippen LogP contribution is -2.26. The van der Waals surface area contributed by atoms with Gasteiger partial charge in [-0.3, -0.25) is 4.79 Å². The number of hydrogen-bond donors (Lipinski definition) is 1.